The van der Waals surface area contributed by atoms with Crippen LogP contribution in [0.4, 0.5) is 0 Å². The van der Waals surface area contributed by atoms with E-state index in [0.717, 1.165) is 49.5 Å². The highest BCUT2D eigenvalue weighted by atomic mass is 28.2. The number of hydrogen-bond acceptors (Lipinski definition) is 3. The molecule has 6 aromatic carbocycles. The third kappa shape index (κ3) is 5.24. The molecule has 8 rings (SSSR count). The molecule has 2 heterocycles. The van der Waals surface area contributed by atoms with E-state index in [9.17, 15) is 0 Å². The normalized spacial score (nSPS) is 13.3. The van der Waals surface area contributed by atoms with Crippen molar-refractivity contribution in [2.45, 2.75) is 6.17 Å². The zero-order chi connectivity index (χ0) is 30.9. The van der Waals surface area contributed by atoms with E-state index >= 15 is 0 Å². The van der Waals surface area contributed by atoms with E-state index in [0.29, 0.717) is 5.84 Å². The van der Waals surface area contributed by atoms with Crippen LogP contribution in [0.25, 0.3) is 43.7 Å². The van der Waals surface area contributed by atoms with Crippen molar-refractivity contribution in [2.75, 3.05) is 7.05 Å². The van der Waals surface area contributed by atoms with Crippen LogP contribution in [0, 0.1) is 0 Å². The van der Waals surface area contributed by atoms with Crippen molar-refractivity contribution >= 4 is 75.8 Å². The van der Waals surface area contributed by atoms with Gasteiger partial charge in [-0.25, -0.2) is 9.98 Å². The minimum absolute atomic E-state index is 0.242. The van der Waals surface area contributed by atoms with Crippen LogP contribution in [0.3, 0.4) is 0 Å². The Balaban J connectivity index is 1.32. The Hall–Kier alpha value is -5.56. The average molecular weight is 613 g/mol. The van der Waals surface area contributed by atoms with E-state index in [1.165, 1.54) is 15.8 Å². The molecule has 5 nitrogen and oxygen atoms in total. The Morgan fingerprint density at radius 2 is 1.35 bits per heavy atom. The molecule has 0 aliphatic rings. The van der Waals surface area contributed by atoms with Crippen LogP contribution in [-0.2, 0) is 0 Å². The van der Waals surface area contributed by atoms with Crippen molar-refractivity contribution in [1.29, 1.82) is 0 Å². The molecule has 1 atom stereocenters. The van der Waals surface area contributed by atoms with Crippen molar-refractivity contribution in [3.8, 4) is 0 Å². The first-order valence-corrected chi connectivity index (χ1v) is 17.0. The number of para-hydroxylation sites is 1. The second-order valence-corrected chi connectivity index (χ2v) is 13.5. The maximum atomic E-state index is 6.34. The molecule has 2 aromatic heterocycles. The monoisotopic (exact) mass is 612 g/mol. The molecule has 1 N–H and O–H groups in total. The van der Waals surface area contributed by atoms with Crippen LogP contribution in [0.15, 0.2) is 160 Å². The highest BCUT2D eigenvalue weighted by Gasteiger charge is 2.16. The fourth-order valence-electron chi connectivity index (χ4n) is 6.33. The number of nitrogens with zero attached hydrogens (tertiary/aromatic N) is 3. The zero-order valence-electron chi connectivity index (χ0n) is 25.5. The molecule has 0 spiro atoms. The summed E-state index contributed by atoms with van der Waals surface area (Å²) in [4.78, 5) is 10.2. The number of nitrogens with one attached hydrogen (secondary N) is 1. The van der Waals surface area contributed by atoms with Crippen molar-refractivity contribution in [1.82, 2.24) is 9.88 Å². The summed E-state index contributed by atoms with van der Waals surface area (Å²) in [5.41, 5.74) is 6.00. The first-order valence-electron chi connectivity index (χ1n) is 15.6. The molecule has 222 valence electrons. The van der Waals surface area contributed by atoms with Crippen LogP contribution < -0.4 is 15.7 Å². The summed E-state index contributed by atoms with van der Waals surface area (Å²) in [5.74, 6) is 0.654. The third-order valence-electron chi connectivity index (χ3n) is 8.58. The predicted molar refractivity (Wildman–Crippen MR) is 196 cm³/mol. The summed E-state index contributed by atoms with van der Waals surface area (Å²) in [6, 6.07) is 50.8. The fourth-order valence-corrected chi connectivity index (χ4v) is 7.85. The van der Waals surface area contributed by atoms with E-state index in [-0.39, 0.29) is 6.17 Å². The number of amidine groups is 1. The number of fused-ring (bicyclic) bond motifs is 6. The SMILES string of the molecule is CNC(/N=C(\N=C\n1c2ccc([SiH2]c3ccccc3)cc2c2cc3oc4ccccc4c3cc21)c1ccccc1)c1ccccc1. The molecule has 0 saturated heterocycles. The summed E-state index contributed by atoms with van der Waals surface area (Å²) >= 11 is 0. The lowest BCUT2D eigenvalue weighted by Gasteiger charge is -2.13. The molecule has 0 fully saturated rings. The van der Waals surface area contributed by atoms with Gasteiger partial charge < -0.3 is 4.42 Å². The summed E-state index contributed by atoms with van der Waals surface area (Å²) in [6.07, 6.45) is 1.69. The lowest BCUT2D eigenvalue weighted by Crippen LogP contribution is -2.26. The Labute approximate surface area is 269 Å². The Bertz CT molecular complexity index is 2380. The first kappa shape index (κ1) is 27.9. The summed E-state index contributed by atoms with van der Waals surface area (Å²) < 4.78 is 8.54. The smallest absolute Gasteiger partial charge is 0.158 e. The van der Waals surface area contributed by atoms with Gasteiger partial charge in [0.05, 0.1) is 20.6 Å². The van der Waals surface area contributed by atoms with E-state index in [1.54, 1.807) is 0 Å². The molecule has 0 radical (unpaired) electrons. The second-order valence-electron chi connectivity index (χ2n) is 11.5. The van der Waals surface area contributed by atoms with Gasteiger partial charge in [0.25, 0.3) is 0 Å². The summed E-state index contributed by atoms with van der Waals surface area (Å²) in [7, 11) is 1.29. The molecule has 8 aromatic rings. The van der Waals surface area contributed by atoms with Crippen molar-refractivity contribution in [2.24, 2.45) is 9.98 Å². The Morgan fingerprint density at radius 1 is 0.652 bits per heavy atom. The number of aliphatic imine (C=N–C) groups is 2. The van der Waals surface area contributed by atoms with Crippen molar-refractivity contribution in [3.63, 3.8) is 0 Å². The topological polar surface area (TPSA) is 54.8 Å². The van der Waals surface area contributed by atoms with Gasteiger partial charge in [0.1, 0.15) is 23.7 Å². The quantitative estimate of drug-likeness (QED) is 0.119. The number of furan rings is 1. The molecule has 0 amide bonds. The maximum absolute atomic E-state index is 6.34. The third-order valence-corrected chi connectivity index (χ3v) is 10.3. The first-order chi connectivity index (χ1) is 22.7. The highest BCUT2D eigenvalue weighted by Crippen LogP contribution is 2.36. The van der Waals surface area contributed by atoms with Crippen molar-refractivity contribution < 1.29 is 4.42 Å². The molecule has 0 aliphatic heterocycles. The second kappa shape index (κ2) is 12.1. The standard InChI is InChI=1S/C40H32N4OSi/c1-41-39(27-13-5-2-6-14-27)43-40(28-15-7-3-8-16-28)42-26-44-35-22-21-30(46-29-17-9-4-10-18-29)23-32(35)33-25-38-34(24-36(33)44)31-19-11-12-20-37(31)45-38/h2-26,39,41H,46H2,1H3/b42-26+,43-40-. The fraction of sp³-hybridized carbons (Fsp3) is 0.0500. The molecule has 0 saturated carbocycles. The molecule has 46 heavy (non-hydrogen) atoms. The molecule has 0 bridgehead atoms. The van der Waals surface area contributed by atoms with Crippen LogP contribution in [0.1, 0.15) is 17.3 Å². The van der Waals surface area contributed by atoms with Gasteiger partial charge in [-0.05, 0) is 36.9 Å². The van der Waals surface area contributed by atoms with Crippen LogP contribution in [0.5, 0.6) is 0 Å². The average Bonchev–Trinajstić information content (AvgIpc) is 3.63. The van der Waals surface area contributed by atoms with Gasteiger partial charge in [-0.1, -0.05) is 132 Å². The maximum Gasteiger partial charge on any atom is 0.158 e. The van der Waals surface area contributed by atoms with Gasteiger partial charge in [0.2, 0.25) is 0 Å². The van der Waals surface area contributed by atoms with Gasteiger partial charge in [-0.3, -0.25) is 9.88 Å². The van der Waals surface area contributed by atoms with E-state index < -0.39 is 9.52 Å². The molecule has 0 aliphatic carbocycles. The minimum atomic E-state index is -0.633. The molecular formula is C40H32N4OSi. The number of rotatable bonds is 7. The number of aromatic nitrogens is 1. The molecular weight excluding hydrogens is 581 g/mol. The Kier molecular flexibility index (Phi) is 7.34. The Morgan fingerprint density at radius 3 is 2.13 bits per heavy atom. The summed E-state index contributed by atoms with van der Waals surface area (Å²) in [6.45, 7) is 0. The van der Waals surface area contributed by atoms with E-state index in [2.05, 4.69) is 107 Å². The largest absolute Gasteiger partial charge is 0.456 e. The van der Waals surface area contributed by atoms with E-state index in [1.807, 2.05) is 61.9 Å². The zero-order valence-corrected chi connectivity index (χ0v) is 26.9. The van der Waals surface area contributed by atoms with Crippen LogP contribution in [0.2, 0.25) is 0 Å². The molecule has 6 heteroatoms. The van der Waals surface area contributed by atoms with Crippen molar-refractivity contribution in [3.05, 3.63) is 157 Å². The summed E-state index contributed by atoms with van der Waals surface area (Å²) in [5, 5.41) is 10.7. The lowest BCUT2D eigenvalue weighted by molar-refractivity contribution is 0.625. The molecule has 1 unspecified atom stereocenters. The number of benzene rings is 6. The van der Waals surface area contributed by atoms with Gasteiger partial charge >= 0.3 is 0 Å². The van der Waals surface area contributed by atoms with Crippen LogP contribution in [-0.4, -0.2) is 33.3 Å². The van der Waals surface area contributed by atoms with Gasteiger partial charge in [-0.2, -0.15) is 0 Å². The van der Waals surface area contributed by atoms with Crippen LogP contribution >= 0.6 is 0 Å². The van der Waals surface area contributed by atoms with Gasteiger partial charge in [0, 0.05) is 27.1 Å². The predicted octanol–water partition coefficient (Wildman–Crippen LogP) is 7.05. The number of hydrogen-bond donors (Lipinski definition) is 1. The van der Waals surface area contributed by atoms with E-state index in [4.69, 9.17) is 14.4 Å². The highest BCUT2D eigenvalue weighted by molar-refractivity contribution is 6.67. The van der Waals surface area contributed by atoms with Gasteiger partial charge in [0.15, 0.2) is 5.84 Å². The lowest BCUT2D eigenvalue weighted by atomic mass is 10.1. The van der Waals surface area contributed by atoms with Gasteiger partial charge in [-0.15, -0.1) is 0 Å². The minimum Gasteiger partial charge on any atom is -0.456 e.